The second-order valence-corrected chi connectivity index (χ2v) is 5.01. The van der Waals surface area contributed by atoms with Gasteiger partial charge in [-0.1, -0.05) is 12.1 Å². The highest BCUT2D eigenvalue weighted by molar-refractivity contribution is 6.21. The van der Waals surface area contributed by atoms with Crippen LogP contribution in [0.1, 0.15) is 26.5 Å². The van der Waals surface area contributed by atoms with Gasteiger partial charge in [-0.2, -0.15) is 0 Å². The summed E-state index contributed by atoms with van der Waals surface area (Å²) in [5.74, 6) is -0.622. The average Bonchev–Trinajstić information content (AvgIpc) is 2.81. The van der Waals surface area contributed by atoms with Crippen molar-refractivity contribution in [1.29, 1.82) is 0 Å². The number of aromatic nitrogens is 4. The Bertz CT molecular complexity index is 992. The summed E-state index contributed by atoms with van der Waals surface area (Å²) < 4.78 is 0. The van der Waals surface area contributed by atoms with Gasteiger partial charge in [0.05, 0.1) is 17.7 Å². The monoisotopic (exact) mass is 307 g/mol. The smallest absolute Gasteiger partial charge is 0.262 e. The average molecular weight is 307 g/mol. The Balaban J connectivity index is 1.74. The molecule has 0 unspecified atom stereocenters. The lowest BCUT2D eigenvalue weighted by molar-refractivity contribution is 0.0638. The van der Waals surface area contributed by atoms with Gasteiger partial charge in [-0.15, -0.1) is 0 Å². The first-order chi connectivity index (χ1) is 11.1. The fourth-order valence-electron chi connectivity index (χ4n) is 2.53. The van der Waals surface area contributed by atoms with Crippen molar-refractivity contribution in [1.82, 2.24) is 24.8 Å². The summed E-state index contributed by atoms with van der Waals surface area (Å²) >= 11 is 0. The zero-order valence-corrected chi connectivity index (χ0v) is 11.7. The molecule has 112 valence electrons. The van der Waals surface area contributed by atoms with Crippen LogP contribution in [0.15, 0.2) is 41.6 Å². The van der Waals surface area contributed by atoms with Crippen LogP contribution in [0.4, 0.5) is 0 Å². The minimum absolute atomic E-state index is 0.123. The van der Waals surface area contributed by atoms with Crippen molar-refractivity contribution in [3.05, 3.63) is 64.1 Å². The lowest BCUT2D eigenvalue weighted by Crippen LogP contribution is -2.31. The standard InChI is InChI=1S/C15H9N5O3/c21-13-10-5-16-7-17-12(10)18-11(19-13)6-20-14(22)8-3-1-2-4-9(8)15(20)23/h1-5,7H,6H2,(H,16,17,18,19,21). The van der Waals surface area contributed by atoms with Crippen LogP contribution in [-0.4, -0.2) is 36.7 Å². The normalized spacial score (nSPS) is 13.7. The molecule has 8 heteroatoms. The van der Waals surface area contributed by atoms with E-state index >= 15 is 0 Å². The minimum Gasteiger partial charge on any atom is -0.308 e. The fraction of sp³-hybridized carbons (Fsp3) is 0.0667. The van der Waals surface area contributed by atoms with E-state index in [1.807, 2.05) is 0 Å². The Morgan fingerprint density at radius 2 is 1.74 bits per heavy atom. The number of H-pyrrole nitrogens is 1. The van der Waals surface area contributed by atoms with Gasteiger partial charge in [-0.25, -0.2) is 15.0 Å². The predicted molar refractivity (Wildman–Crippen MR) is 78.6 cm³/mol. The van der Waals surface area contributed by atoms with Crippen LogP contribution in [0, 0.1) is 0 Å². The Morgan fingerprint density at radius 1 is 1.04 bits per heavy atom. The first-order valence-electron chi connectivity index (χ1n) is 6.79. The third-order valence-corrected chi connectivity index (χ3v) is 3.62. The summed E-state index contributed by atoms with van der Waals surface area (Å²) in [4.78, 5) is 52.1. The van der Waals surface area contributed by atoms with Crippen molar-refractivity contribution < 1.29 is 9.59 Å². The van der Waals surface area contributed by atoms with Gasteiger partial charge in [-0.3, -0.25) is 19.3 Å². The summed E-state index contributed by atoms with van der Waals surface area (Å²) in [5.41, 5.74) is 0.503. The number of rotatable bonds is 2. The molecule has 0 atom stereocenters. The molecule has 2 amide bonds. The molecular weight excluding hydrogens is 298 g/mol. The van der Waals surface area contributed by atoms with Gasteiger partial charge in [-0.05, 0) is 12.1 Å². The number of nitrogens with one attached hydrogen (secondary N) is 1. The molecule has 3 aromatic rings. The molecule has 0 radical (unpaired) electrons. The molecule has 1 N–H and O–H groups in total. The van der Waals surface area contributed by atoms with Gasteiger partial charge in [0.15, 0.2) is 5.65 Å². The third-order valence-electron chi connectivity index (χ3n) is 3.62. The van der Waals surface area contributed by atoms with Gasteiger partial charge in [0.1, 0.15) is 17.5 Å². The van der Waals surface area contributed by atoms with Crippen molar-refractivity contribution in [3.8, 4) is 0 Å². The van der Waals surface area contributed by atoms with Crippen LogP contribution >= 0.6 is 0 Å². The van der Waals surface area contributed by atoms with Crippen LogP contribution in [0.5, 0.6) is 0 Å². The maximum absolute atomic E-state index is 12.3. The molecule has 0 fully saturated rings. The van der Waals surface area contributed by atoms with Crippen molar-refractivity contribution in [2.45, 2.75) is 6.54 Å². The third kappa shape index (κ3) is 2.00. The maximum Gasteiger partial charge on any atom is 0.262 e. The second kappa shape index (κ2) is 4.80. The number of imide groups is 1. The van der Waals surface area contributed by atoms with Crippen molar-refractivity contribution in [3.63, 3.8) is 0 Å². The van der Waals surface area contributed by atoms with Crippen molar-refractivity contribution in [2.24, 2.45) is 0 Å². The molecule has 0 saturated heterocycles. The van der Waals surface area contributed by atoms with E-state index in [2.05, 4.69) is 19.9 Å². The predicted octanol–water partition coefficient (Wildman–Crippen LogP) is 0.509. The molecule has 8 nitrogen and oxygen atoms in total. The fourth-order valence-corrected chi connectivity index (χ4v) is 2.53. The van der Waals surface area contributed by atoms with Gasteiger partial charge < -0.3 is 4.98 Å². The minimum atomic E-state index is -0.415. The Kier molecular flexibility index (Phi) is 2.77. The number of fused-ring (bicyclic) bond motifs is 2. The van der Waals surface area contributed by atoms with E-state index in [1.165, 1.54) is 12.5 Å². The zero-order chi connectivity index (χ0) is 16.0. The van der Waals surface area contributed by atoms with E-state index in [4.69, 9.17) is 0 Å². The van der Waals surface area contributed by atoms with E-state index in [1.54, 1.807) is 24.3 Å². The van der Waals surface area contributed by atoms with Gasteiger partial charge >= 0.3 is 0 Å². The molecule has 1 aromatic carbocycles. The summed E-state index contributed by atoms with van der Waals surface area (Å²) in [5, 5.41) is 0.249. The zero-order valence-electron chi connectivity index (χ0n) is 11.7. The first-order valence-corrected chi connectivity index (χ1v) is 6.79. The number of carbonyl (C=O) groups is 2. The quantitative estimate of drug-likeness (QED) is 0.691. The molecule has 0 spiro atoms. The molecular formula is C15H9N5O3. The molecule has 0 aliphatic carbocycles. The van der Waals surface area contributed by atoms with Gasteiger partial charge in [0, 0.05) is 6.20 Å². The highest BCUT2D eigenvalue weighted by Gasteiger charge is 2.35. The summed E-state index contributed by atoms with van der Waals surface area (Å²) in [6.45, 7) is -0.123. The SMILES string of the molecule is O=C1c2ccccc2C(=O)N1Cc1nc2ncncc2c(=O)[nH]1. The Hall–Kier alpha value is -3.42. The summed E-state index contributed by atoms with van der Waals surface area (Å²) in [6, 6.07) is 6.58. The van der Waals surface area contributed by atoms with E-state index in [9.17, 15) is 14.4 Å². The highest BCUT2D eigenvalue weighted by Crippen LogP contribution is 2.23. The molecule has 2 aromatic heterocycles. The van der Waals surface area contributed by atoms with Crippen molar-refractivity contribution in [2.75, 3.05) is 0 Å². The van der Waals surface area contributed by atoms with E-state index in [0.717, 1.165) is 4.90 Å². The number of amides is 2. The van der Waals surface area contributed by atoms with E-state index in [-0.39, 0.29) is 23.4 Å². The van der Waals surface area contributed by atoms with E-state index < -0.39 is 17.4 Å². The number of nitrogens with zero attached hydrogens (tertiary/aromatic N) is 4. The molecule has 0 saturated carbocycles. The molecule has 3 heterocycles. The summed E-state index contributed by atoms with van der Waals surface area (Å²) in [6.07, 6.45) is 2.64. The number of aromatic amines is 1. The van der Waals surface area contributed by atoms with Crippen LogP contribution in [-0.2, 0) is 6.54 Å². The number of carbonyl (C=O) groups excluding carboxylic acids is 2. The Labute approximate surface area is 128 Å². The van der Waals surface area contributed by atoms with E-state index in [0.29, 0.717) is 11.1 Å². The van der Waals surface area contributed by atoms with Crippen LogP contribution in [0.2, 0.25) is 0 Å². The largest absolute Gasteiger partial charge is 0.308 e. The van der Waals surface area contributed by atoms with Crippen LogP contribution < -0.4 is 5.56 Å². The number of hydrogen-bond acceptors (Lipinski definition) is 6. The highest BCUT2D eigenvalue weighted by atomic mass is 16.2. The molecule has 4 rings (SSSR count). The molecule has 1 aliphatic rings. The van der Waals surface area contributed by atoms with Crippen LogP contribution in [0.25, 0.3) is 11.0 Å². The number of hydrogen-bond donors (Lipinski definition) is 1. The van der Waals surface area contributed by atoms with Gasteiger partial charge in [0.2, 0.25) is 0 Å². The number of benzene rings is 1. The topological polar surface area (TPSA) is 109 Å². The lowest BCUT2D eigenvalue weighted by atomic mass is 10.1. The molecule has 23 heavy (non-hydrogen) atoms. The Morgan fingerprint density at radius 3 is 2.43 bits per heavy atom. The van der Waals surface area contributed by atoms with Crippen molar-refractivity contribution >= 4 is 22.8 Å². The second-order valence-electron chi connectivity index (χ2n) is 5.01. The molecule has 1 aliphatic heterocycles. The first kappa shape index (κ1) is 13.3. The molecule has 0 bridgehead atoms. The lowest BCUT2D eigenvalue weighted by Gasteiger charge is -2.12. The van der Waals surface area contributed by atoms with Gasteiger partial charge in [0.25, 0.3) is 17.4 Å². The maximum atomic E-state index is 12.3. The van der Waals surface area contributed by atoms with Crippen LogP contribution in [0.3, 0.4) is 0 Å². The summed E-state index contributed by atoms with van der Waals surface area (Å²) in [7, 11) is 0.